The Balaban J connectivity index is 2.46. The van der Waals surface area contributed by atoms with Crippen molar-refractivity contribution >= 4 is 28.6 Å². The van der Waals surface area contributed by atoms with Crippen LogP contribution in [0.1, 0.15) is 19.2 Å². The minimum atomic E-state index is -1.05. The number of rotatable bonds is 4. The maximum atomic E-state index is 11.0. The van der Waals surface area contributed by atoms with E-state index >= 15 is 0 Å². The molecule has 0 aliphatic carbocycles. The average Bonchev–Trinajstić information content (AvgIpc) is 2.35. The number of aryl methyl sites for hydroxylation is 1. The topological polar surface area (TPSA) is 65.9 Å². The summed E-state index contributed by atoms with van der Waals surface area (Å²) in [6.07, 6.45) is 0.504. The van der Waals surface area contributed by atoms with Crippen LogP contribution in [0.2, 0.25) is 0 Å². The number of carboxylic acid groups (broad SMARTS) is 1. The van der Waals surface area contributed by atoms with Crippen molar-refractivity contribution in [1.82, 2.24) is 9.97 Å². The molecule has 1 aromatic heterocycles. The molecular weight excluding hydrogens is 248 g/mol. The lowest BCUT2D eigenvalue weighted by atomic mass is 10.2. The second kappa shape index (κ2) is 5.35. The van der Waals surface area contributed by atoms with Gasteiger partial charge in [0, 0.05) is 5.39 Å². The van der Waals surface area contributed by atoms with Gasteiger partial charge in [-0.05, 0) is 19.4 Å². The first-order chi connectivity index (χ1) is 8.61. The first-order valence-corrected chi connectivity index (χ1v) is 6.60. The summed E-state index contributed by atoms with van der Waals surface area (Å²) >= 11 is 1.23. The Morgan fingerprint density at radius 3 is 2.78 bits per heavy atom. The summed E-state index contributed by atoms with van der Waals surface area (Å²) in [4.78, 5) is 19.6. The summed E-state index contributed by atoms with van der Waals surface area (Å²) < 4.78 is 0. The van der Waals surface area contributed by atoms with E-state index in [0.717, 1.165) is 10.9 Å². The molecule has 18 heavy (non-hydrogen) atoms. The van der Waals surface area contributed by atoms with Crippen molar-refractivity contribution in [3.05, 3.63) is 30.1 Å². The fourth-order valence-corrected chi connectivity index (χ4v) is 2.70. The van der Waals surface area contributed by atoms with Crippen molar-refractivity contribution in [1.29, 1.82) is 0 Å². The number of carbonyl (C=O) groups is 1. The van der Waals surface area contributed by atoms with Crippen LogP contribution in [0.25, 0.3) is 10.9 Å². The standard InChI is InChI=1S/C13H14N2O2S/c1-3-11(13(16)17)18-12-9-6-4-5-7-10(9)14-8(2)15-12/h4-7,11H,3H2,1-2H3,(H,16,17)/p-1/t11-/m0/s1. The highest BCUT2D eigenvalue weighted by atomic mass is 32.2. The number of aromatic nitrogens is 2. The van der Waals surface area contributed by atoms with Gasteiger partial charge in [0.1, 0.15) is 10.9 Å². The molecule has 1 heterocycles. The highest BCUT2D eigenvalue weighted by molar-refractivity contribution is 8.00. The number of nitrogens with zero attached hydrogens (tertiary/aromatic N) is 2. The molecule has 0 spiro atoms. The average molecular weight is 261 g/mol. The van der Waals surface area contributed by atoms with Crippen molar-refractivity contribution in [2.75, 3.05) is 0 Å². The smallest absolute Gasteiger partial charge is 0.127 e. The van der Waals surface area contributed by atoms with E-state index < -0.39 is 11.2 Å². The molecule has 94 valence electrons. The Labute approximate surface area is 109 Å². The number of hydrogen-bond donors (Lipinski definition) is 0. The van der Waals surface area contributed by atoms with Crippen LogP contribution < -0.4 is 5.11 Å². The van der Waals surface area contributed by atoms with Gasteiger partial charge in [0.25, 0.3) is 0 Å². The van der Waals surface area contributed by atoms with Crippen molar-refractivity contribution in [3.63, 3.8) is 0 Å². The van der Waals surface area contributed by atoms with Crippen LogP contribution in [-0.4, -0.2) is 21.2 Å². The molecule has 2 aromatic rings. The molecular formula is C13H13N2O2S-. The van der Waals surface area contributed by atoms with Gasteiger partial charge in [0.05, 0.1) is 16.7 Å². The van der Waals surface area contributed by atoms with Crippen LogP contribution in [0.3, 0.4) is 0 Å². The van der Waals surface area contributed by atoms with Gasteiger partial charge < -0.3 is 9.90 Å². The zero-order chi connectivity index (χ0) is 13.1. The Morgan fingerprint density at radius 1 is 1.39 bits per heavy atom. The molecule has 5 heteroatoms. The highest BCUT2D eigenvalue weighted by Crippen LogP contribution is 2.29. The molecule has 1 atom stereocenters. The number of carbonyl (C=O) groups excluding carboxylic acids is 1. The van der Waals surface area contributed by atoms with E-state index in [4.69, 9.17) is 0 Å². The Kier molecular flexibility index (Phi) is 3.81. The number of benzene rings is 1. The fourth-order valence-electron chi connectivity index (χ4n) is 1.68. The maximum absolute atomic E-state index is 11.0. The van der Waals surface area contributed by atoms with Crippen LogP contribution in [0.5, 0.6) is 0 Å². The molecule has 0 radical (unpaired) electrons. The number of fused-ring (bicyclic) bond motifs is 1. The maximum Gasteiger partial charge on any atom is 0.127 e. The van der Waals surface area contributed by atoms with Gasteiger partial charge in [-0.2, -0.15) is 0 Å². The molecule has 0 N–H and O–H groups in total. The lowest BCUT2D eigenvalue weighted by Gasteiger charge is -2.16. The van der Waals surface area contributed by atoms with E-state index in [0.29, 0.717) is 17.3 Å². The summed E-state index contributed by atoms with van der Waals surface area (Å²) in [6.45, 7) is 3.63. The molecule has 0 saturated carbocycles. The van der Waals surface area contributed by atoms with Crippen LogP contribution in [-0.2, 0) is 4.79 Å². The molecule has 0 saturated heterocycles. The molecule has 0 aliphatic heterocycles. The number of carboxylic acids is 1. The van der Waals surface area contributed by atoms with Crippen LogP contribution >= 0.6 is 11.8 Å². The number of hydrogen-bond acceptors (Lipinski definition) is 5. The SMILES string of the molecule is CC[C@H](Sc1nc(C)nc2ccccc12)C(=O)[O-]. The normalized spacial score (nSPS) is 12.6. The van der Waals surface area contributed by atoms with E-state index in [9.17, 15) is 9.90 Å². The Bertz CT molecular complexity index is 586. The van der Waals surface area contributed by atoms with Crippen molar-refractivity contribution in [2.24, 2.45) is 0 Å². The summed E-state index contributed by atoms with van der Waals surface area (Å²) in [5.41, 5.74) is 0.834. The number of aliphatic carboxylic acids is 1. The zero-order valence-corrected chi connectivity index (χ0v) is 11.0. The fraction of sp³-hybridized carbons (Fsp3) is 0.308. The second-order valence-electron chi connectivity index (χ2n) is 3.93. The van der Waals surface area contributed by atoms with Crippen molar-refractivity contribution in [3.8, 4) is 0 Å². The van der Waals surface area contributed by atoms with Gasteiger partial charge in [0.2, 0.25) is 0 Å². The Hall–Kier alpha value is -1.62. The third-order valence-corrected chi connectivity index (χ3v) is 3.91. The monoisotopic (exact) mass is 261 g/mol. The third kappa shape index (κ3) is 2.61. The summed E-state index contributed by atoms with van der Waals surface area (Å²) in [5, 5.41) is 12.0. The molecule has 4 nitrogen and oxygen atoms in total. The second-order valence-corrected chi connectivity index (χ2v) is 5.12. The molecule has 0 amide bonds. The Morgan fingerprint density at radius 2 is 2.11 bits per heavy atom. The van der Waals surface area contributed by atoms with Gasteiger partial charge in [0.15, 0.2) is 0 Å². The quantitative estimate of drug-likeness (QED) is 0.617. The van der Waals surface area contributed by atoms with Gasteiger partial charge in [-0.25, -0.2) is 9.97 Å². The first kappa shape index (κ1) is 12.8. The summed E-state index contributed by atoms with van der Waals surface area (Å²) in [6, 6.07) is 7.59. The molecule has 1 aromatic carbocycles. The van der Waals surface area contributed by atoms with E-state index in [2.05, 4.69) is 9.97 Å². The van der Waals surface area contributed by atoms with Gasteiger partial charge in [-0.3, -0.25) is 0 Å². The van der Waals surface area contributed by atoms with Gasteiger partial charge in [-0.1, -0.05) is 36.9 Å². The predicted octanol–water partition coefficient (Wildman–Crippen LogP) is 1.56. The van der Waals surface area contributed by atoms with Crippen molar-refractivity contribution < 1.29 is 9.90 Å². The zero-order valence-electron chi connectivity index (χ0n) is 10.2. The molecule has 0 fully saturated rings. The largest absolute Gasteiger partial charge is 0.549 e. The van der Waals surface area contributed by atoms with E-state index in [1.807, 2.05) is 31.2 Å². The molecule has 0 aliphatic rings. The lowest BCUT2D eigenvalue weighted by Crippen LogP contribution is -2.33. The summed E-state index contributed by atoms with van der Waals surface area (Å²) in [5.74, 6) is -0.410. The van der Waals surface area contributed by atoms with Crippen LogP contribution in [0, 0.1) is 6.92 Å². The molecule has 2 rings (SSSR count). The summed E-state index contributed by atoms with van der Waals surface area (Å²) in [7, 11) is 0. The predicted molar refractivity (Wildman–Crippen MR) is 69.2 cm³/mol. The molecule has 0 bridgehead atoms. The number of thioether (sulfide) groups is 1. The van der Waals surface area contributed by atoms with Gasteiger partial charge in [-0.15, -0.1) is 0 Å². The van der Waals surface area contributed by atoms with E-state index in [1.54, 1.807) is 6.92 Å². The molecule has 0 unspecified atom stereocenters. The lowest BCUT2D eigenvalue weighted by molar-refractivity contribution is -0.304. The van der Waals surface area contributed by atoms with Gasteiger partial charge >= 0.3 is 0 Å². The third-order valence-electron chi connectivity index (χ3n) is 2.57. The minimum Gasteiger partial charge on any atom is -0.549 e. The highest BCUT2D eigenvalue weighted by Gasteiger charge is 2.13. The van der Waals surface area contributed by atoms with Crippen molar-refractivity contribution in [2.45, 2.75) is 30.5 Å². The number of para-hydroxylation sites is 1. The van der Waals surface area contributed by atoms with Crippen LogP contribution in [0.15, 0.2) is 29.3 Å². The van der Waals surface area contributed by atoms with Crippen LogP contribution in [0.4, 0.5) is 0 Å². The van der Waals surface area contributed by atoms with E-state index in [-0.39, 0.29) is 0 Å². The van der Waals surface area contributed by atoms with E-state index in [1.165, 1.54) is 11.8 Å². The first-order valence-electron chi connectivity index (χ1n) is 5.72. The minimum absolute atomic E-state index is 0.504.